The summed E-state index contributed by atoms with van der Waals surface area (Å²) in [5.74, 6) is -0.240. The van der Waals surface area contributed by atoms with E-state index < -0.39 is 0 Å². The first-order chi connectivity index (χ1) is 7.49. The monoisotopic (exact) mass is 235 g/mol. The number of ketones is 1. The van der Waals surface area contributed by atoms with E-state index >= 15 is 0 Å². The normalized spacial score (nSPS) is 10.7. The van der Waals surface area contributed by atoms with Crippen molar-refractivity contribution in [3.05, 3.63) is 44.7 Å². The third-order valence-corrected chi connectivity index (χ3v) is 2.91. The van der Waals surface area contributed by atoms with E-state index in [1.165, 1.54) is 6.92 Å². The van der Waals surface area contributed by atoms with Crippen LogP contribution in [0.2, 0.25) is 5.02 Å². The average molecular weight is 236 g/mol. The zero-order chi connectivity index (χ0) is 11.9. The molecule has 2 rings (SSSR count). The fourth-order valence-electron chi connectivity index (χ4n) is 1.60. The number of Topliss-reactive ketones (excluding diaryl/α,β-unsaturated/α-hetero) is 1. The van der Waals surface area contributed by atoms with Crippen LogP contribution in [0.4, 0.5) is 0 Å². The number of aromatic nitrogens is 1. The van der Waals surface area contributed by atoms with Crippen LogP contribution in [0.5, 0.6) is 0 Å². The number of halogens is 1. The Morgan fingerprint density at radius 1 is 1.31 bits per heavy atom. The molecule has 0 unspecified atom stereocenters. The summed E-state index contributed by atoms with van der Waals surface area (Å²) in [5.41, 5.74) is 1.36. The summed E-state index contributed by atoms with van der Waals surface area (Å²) in [5, 5.41) is 1.41. The molecule has 0 radical (unpaired) electrons. The van der Waals surface area contributed by atoms with Gasteiger partial charge in [0.25, 0.3) is 5.56 Å². The average Bonchev–Trinajstić information content (AvgIpc) is 2.19. The molecule has 0 aliphatic rings. The molecular weight excluding hydrogens is 226 g/mol. The van der Waals surface area contributed by atoms with Crippen LogP contribution in [0.1, 0.15) is 22.8 Å². The maximum Gasteiger partial charge on any atom is 0.259 e. The van der Waals surface area contributed by atoms with Crippen molar-refractivity contribution in [1.82, 2.24) is 4.98 Å². The summed E-state index contributed by atoms with van der Waals surface area (Å²) in [4.78, 5) is 25.4. The van der Waals surface area contributed by atoms with Gasteiger partial charge in [-0.2, -0.15) is 0 Å². The van der Waals surface area contributed by atoms with Crippen LogP contribution in [0, 0.1) is 6.92 Å². The van der Waals surface area contributed by atoms with Crippen LogP contribution >= 0.6 is 11.6 Å². The molecule has 0 spiro atoms. The highest BCUT2D eigenvalue weighted by molar-refractivity contribution is 6.32. The minimum Gasteiger partial charge on any atom is -0.321 e. The summed E-state index contributed by atoms with van der Waals surface area (Å²) < 4.78 is 0. The van der Waals surface area contributed by atoms with E-state index in [9.17, 15) is 9.59 Å². The van der Waals surface area contributed by atoms with Gasteiger partial charge in [-0.3, -0.25) is 9.59 Å². The van der Waals surface area contributed by atoms with Gasteiger partial charge in [0.1, 0.15) is 0 Å². The highest BCUT2D eigenvalue weighted by atomic mass is 35.5. The number of aromatic amines is 1. The molecule has 0 atom stereocenters. The minimum atomic E-state index is -0.375. The highest BCUT2D eigenvalue weighted by Gasteiger charge is 2.08. The Morgan fingerprint density at radius 2 is 2.00 bits per heavy atom. The van der Waals surface area contributed by atoms with Crippen LogP contribution in [-0.2, 0) is 0 Å². The quantitative estimate of drug-likeness (QED) is 0.773. The molecule has 3 nitrogen and oxygen atoms in total. The fraction of sp³-hybridized carbons (Fsp3) is 0.167. The topological polar surface area (TPSA) is 49.9 Å². The van der Waals surface area contributed by atoms with Gasteiger partial charge in [-0.05, 0) is 43.0 Å². The lowest BCUT2D eigenvalue weighted by Crippen LogP contribution is -2.15. The highest BCUT2D eigenvalue weighted by Crippen LogP contribution is 2.21. The Morgan fingerprint density at radius 3 is 2.62 bits per heavy atom. The van der Waals surface area contributed by atoms with Gasteiger partial charge in [0.05, 0.1) is 5.56 Å². The minimum absolute atomic E-state index is 0.175. The number of carbonyl (C=O) groups is 1. The van der Waals surface area contributed by atoms with E-state index in [1.807, 2.05) is 13.0 Å². The Labute approximate surface area is 97.1 Å². The molecule has 0 aliphatic carbocycles. The molecule has 82 valence electrons. The number of aryl methyl sites for hydroxylation is 1. The van der Waals surface area contributed by atoms with Crippen LogP contribution in [0.15, 0.2) is 23.0 Å². The number of H-pyrrole nitrogens is 1. The molecule has 0 bridgehead atoms. The maximum absolute atomic E-state index is 11.6. The van der Waals surface area contributed by atoms with Crippen molar-refractivity contribution >= 4 is 28.3 Å². The molecule has 1 N–H and O–H groups in total. The van der Waals surface area contributed by atoms with E-state index in [4.69, 9.17) is 11.6 Å². The Balaban J connectivity index is 2.85. The van der Waals surface area contributed by atoms with Crippen molar-refractivity contribution in [3.63, 3.8) is 0 Å². The number of carbonyl (C=O) groups excluding carboxylic acids is 1. The lowest BCUT2D eigenvalue weighted by molar-refractivity contribution is 0.101. The number of pyridine rings is 1. The Kier molecular flexibility index (Phi) is 2.56. The van der Waals surface area contributed by atoms with Crippen molar-refractivity contribution in [2.24, 2.45) is 0 Å². The van der Waals surface area contributed by atoms with Crippen molar-refractivity contribution in [3.8, 4) is 0 Å². The van der Waals surface area contributed by atoms with Crippen molar-refractivity contribution in [1.29, 1.82) is 0 Å². The van der Waals surface area contributed by atoms with Crippen molar-refractivity contribution in [2.75, 3.05) is 0 Å². The molecule has 1 heterocycles. The molecule has 1 aromatic carbocycles. The first-order valence-electron chi connectivity index (χ1n) is 4.83. The molecule has 0 amide bonds. The number of fused-ring (bicyclic) bond motifs is 1. The number of hydrogen-bond acceptors (Lipinski definition) is 2. The van der Waals surface area contributed by atoms with E-state index in [0.29, 0.717) is 10.5 Å². The lowest BCUT2D eigenvalue weighted by Gasteiger charge is -2.03. The molecule has 0 fully saturated rings. The van der Waals surface area contributed by atoms with Crippen molar-refractivity contribution < 1.29 is 4.79 Å². The van der Waals surface area contributed by atoms with Gasteiger partial charge >= 0.3 is 0 Å². The van der Waals surface area contributed by atoms with E-state index in [0.717, 1.165) is 10.9 Å². The standard InChI is InChI=1S/C12H10ClNO2/c1-6-3-8-4-9(7(2)15)12(16)14-11(8)5-10(6)13/h3-5H,1-2H3,(H,14,16). The predicted molar refractivity (Wildman–Crippen MR) is 64.3 cm³/mol. The lowest BCUT2D eigenvalue weighted by atomic mass is 10.1. The van der Waals surface area contributed by atoms with Crippen LogP contribution < -0.4 is 5.56 Å². The first kappa shape index (κ1) is 10.9. The largest absolute Gasteiger partial charge is 0.321 e. The maximum atomic E-state index is 11.6. The van der Waals surface area contributed by atoms with Gasteiger partial charge < -0.3 is 4.98 Å². The second-order valence-electron chi connectivity index (χ2n) is 3.76. The Hall–Kier alpha value is -1.61. The van der Waals surface area contributed by atoms with E-state index in [2.05, 4.69) is 4.98 Å². The number of rotatable bonds is 1. The van der Waals surface area contributed by atoms with Crippen molar-refractivity contribution in [2.45, 2.75) is 13.8 Å². The van der Waals surface area contributed by atoms with Gasteiger partial charge in [-0.25, -0.2) is 0 Å². The zero-order valence-electron chi connectivity index (χ0n) is 8.93. The second-order valence-corrected chi connectivity index (χ2v) is 4.16. The van der Waals surface area contributed by atoms with Gasteiger partial charge in [0, 0.05) is 10.5 Å². The van der Waals surface area contributed by atoms with Crippen LogP contribution in [-0.4, -0.2) is 10.8 Å². The number of benzene rings is 1. The number of nitrogens with one attached hydrogen (secondary N) is 1. The molecule has 16 heavy (non-hydrogen) atoms. The van der Waals surface area contributed by atoms with Crippen LogP contribution in [0.3, 0.4) is 0 Å². The second kappa shape index (κ2) is 3.76. The SMILES string of the molecule is CC(=O)c1cc2cc(C)c(Cl)cc2[nH]c1=O. The molecule has 0 saturated heterocycles. The van der Waals surface area contributed by atoms with Gasteiger partial charge in [-0.15, -0.1) is 0 Å². The molecule has 0 saturated carbocycles. The summed E-state index contributed by atoms with van der Waals surface area (Å²) >= 11 is 5.95. The summed E-state index contributed by atoms with van der Waals surface area (Å²) in [6, 6.07) is 5.14. The molecule has 0 aliphatic heterocycles. The number of hydrogen-bond donors (Lipinski definition) is 1. The Bertz CT molecular complexity index is 643. The van der Waals surface area contributed by atoms with E-state index in [-0.39, 0.29) is 16.9 Å². The first-order valence-corrected chi connectivity index (χ1v) is 5.21. The van der Waals surface area contributed by atoms with Gasteiger partial charge in [-0.1, -0.05) is 11.6 Å². The zero-order valence-corrected chi connectivity index (χ0v) is 9.68. The smallest absolute Gasteiger partial charge is 0.259 e. The van der Waals surface area contributed by atoms with Gasteiger partial charge in [0.15, 0.2) is 5.78 Å². The van der Waals surface area contributed by atoms with Gasteiger partial charge in [0.2, 0.25) is 0 Å². The fourth-order valence-corrected chi connectivity index (χ4v) is 1.77. The summed E-state index contributed by atoms with van der Waals surface area (Å²) in [6.07, 6.45) is 0. The third-order valence-electron chi connectivity index (χ3n) is 2.50. The molecule has 4 heteroatoms. The summed E-state index contributed by atoms with van der Waals surface area (Å²) in [6.45, 7) is 3.25. The molecule has 1 aromatic heterocycles. The predicted octanol–water partition coefficient (Wildman–Crippen LogP) is 2.69. The van der Waals surface area contributed by atoms with E-state index in [1.54, 1.807) is 12.1 Å². The molecule has 2 aromatic rings. The van der Waals surface area contributed by atoms with Crippen LogP contribution in [0.25, 0.3) is 10.9 Å². The third kappa shape index (κ3) is 1.74. The molecular formula is C12H10ClNO2. The summed E-state index contributed by atoms with van der Waals surface area (Å²) in [7, 11) is 0.